The molecule has 13 heteroatoms. The molecule has 0 saturated carbocycles. The third kappa shape index (κ3) is 5.43. The van der Waals surface area contributed by atoms with Crippen molar-refractivity contribution in [2.24, 2.45) is 0 Å². The highest BCUT2D eigenvalue weighted by Gasteiger charge is 2.34. The molecule has 4 rings (SSSR count). The number of halogens is 3. The Labute approximate surface area is 196 Å². The zero-order valence-electron chi connectivity index (χ0n) is 18.5. The largest absolute Gasteiger partial charge is 0.416 e. The molecule has 0 aliphatic carbocycles. The van der Waals surface area contributed by atoms with Gasteiger partial charge in [-0.3, -0.25) is 4.90 Å². The van der Waals surface area contributed by atoms with Gasteiger partial charge in [0.05, 0.1) is 17.1 Å². The molecule has 3 heterocycles. The third-order valence-electron chi connectivity index (χ3n) is 6.11. The van der Waals surface area contributed by atoms with E-state index in [1.807, 2.05) is 17.0 Å². The van der Waals surface area contributed by atoms with Crippen molar-refractivity contribution in [1.29, 1.82) is 0 Å². The zero-order valence-corrected chi connectivity index (χ0v) is 19.3. The summed E-state index contributed by atoms with van der Waals surface area (Å²) in [7, 11) is -4.04. The number of rotatable bonds is 6. The minimum atomic E-state index is -4.61. The number of piperazine rings is 2. The van der Waals surface area contributed by atoms with Crippen LogP contribution in [0.25, 0.3) is 0 Å². The van der Waals surface area contributed by atoms with Crippen LogP contribution in [0.5, 0.6) is 0 Å². The van der Waals surface area contributed by atoms with Crippen LogP contribution >= 0.6 is 0 Å². The van der Waals surface area contributed by atoms with E-state index in [0.29, 0.717) is 31.5 Å². The summed E-state index contributed by atoms with van der Waals surface area (Å²) in [6, 6.07) is 7.55. The zero-order chi connectivity index (χ0) is 24.3. The van der Waals surface area contributed by atoms with E-state index < -0.39 is 21.8 Å². The van der Waals surface area contributed by atoms with Crippen LogP contribution in [0.2, 0.25) is 0 Å². The first kappa shape index (κ1) is 24.6. The first-order chi connectivity index (χ1) is 16.2. The fourth-order valence-corrected chi connectivity index (χ4v) is 5.61. The molecule has 0 amide bonds. The summed E-state index contributed by atoms with van der Waals surface area (Å²) < 4.78 is 65.9. The fraction of sp³-hybridized carbons (Fsp3) is 0.524. The molecule has 2 aliphatic rings. The van der Waals surface area contributed by atoms with E-state index in [1.54, 1.807) is 0 Å². The number of aliphatic hydroxyl groups is 1. The standard InChI is InChI=1S/C21H27F3N6O3S/c22-21(23,24)17-2-1-3-18(16-17)34(32,33)30-12-10-29(11-13-30)20-5-4-19(25-26-20)28-8-6-27(7-9-28)14-15-31/h1-5,16,31H,6-15H2. The molecule has 0 spiro atoms. The third-order valence-corrected chi connectivity index (χ3v) is 8.01. The van der Waals surface area contributed by atoms with Gasteiger partial charge in [0.2, 0.25) is 10.0 Å². The first-order valence-electron chi connectivity index (χ1n) is 11.0. The van der Waals surface area contributed by atoms with Crippen molar-refractivity contribution in [3.05, 3.63) is 42.0 Å². The highest BCUT2D eigenvalue weighted by molar-refractivity contribution is 7.89. The van der Waals surface area contributed by atoms with Gasteiger partial charge in [-0.05, 0) is 30.3 Å². The monoisotopic (exact) mass is 500 g/mol. The number of anilines is 2. The highest BCUT2D eigenvalue weighted by atomic mass is 32.2. The molecule has 2 aromatic rings. The normalized spacial score (nSPS) is 18.9. The number of hydrogen-bond acceptors (Lipinski definition) is 8. The number of alkyl halides is 3. The summed E-state index contributed by atoms with van der Waals surface area (Å²) in [5.74, 6) is 1.39. The predicted molar refractivity (Wildman–Crippen MR) is 120 cm³/mol. The van der Waals surface area contributed by atoms with E-state index >= 15 is 0 Å². The summed E-state index contributed by atoms with van der Waals surface area (Å²) in [5, 5.41) is 17.7. The summed E-state index contributed by atoms with van der Waals surface area (Å²) in [6.07, 6.45) is -4.61. The molecule has 1 aromatic carbocycles. The Morgan fingerprint density at radius 3 is 1.91 bits per heavy atom. The Morgan fingerprint density at radius 1 is 0.853 bits per heavy atom. The molecule has 1 N–H and O–H groups in total. The van der Waals surface area contributed by atoms with Gasteiger partial charge in [0, 0.05) is 58.9 Å². The summed E-state index contributed by atoms with van der Waals surface area (Å²) in [5.41, 5.74) is -0.989. The second kappa shape index (κ2) is 10.0. The van der Waals surface area contributed by atoms with Crippen molar-refractivity contribution in [1.82, 2.24) is 19.4 Å². The van der Waals surface area contributed by atoms with E-state index in [1.165, 1.54) is 10.4 Å². The fourth-order valence-electron chi connectivity index (χ4n) is 4.14. The van der Waals surface area contributed by atoms with Gasteiger partial charge < -0.3 is 14.9 Å². The lowest BCUT2D eigenvalue weighted by atomic mass is 10.2. The molecule has 34 heavy (non-hydrogen) atoms. The van der Waals surface area contributed by atoms with Gasteiger partial charge in [-0.15, -0.1) is 10.2 Å². The Kier molecular flexibility index (Phi) is 7.26. The Balaban J connectivity index is 1.36. The van der Waals surface area contributed by atoms with Crippen LogP contribution in [0, 0.1) is 0 Å². The van der Waals surface area contributed by atoms with E-state index in [2.05, 4.69) is 20.0 Å². The Morgan fingerprint density at radius 2 is 1.41 bits per heavy atom. The Bertz CT molecular complexity index is 1070. The smallest absolute Gasteiger partial charge is 0.395 e. The summed E-state index contributed by atoms with van der Waals surface area (Å²) in [6.45, 7) is 5.04. The highest BCUT2D eigenvalue weighted by Crippen LogP contribution is 2.31. The molecule has 0 bridgehead atoms. The number of nitrogens with zero attached hydrogens (tertiary/aromatic N) is 6. The van der Waals surface area contributed by atoms with E-state index in [-0.39, 0.29) is 24.6 Å². The molecule has 1 aromatic heterocycles. The van der Waals surface area contributed by atoms with Crippen LogP contribution in [0.3, 0.4) is 0 Å². The first-order valence-corrected chi connectivity index (χ1v) is 12.5. The van der Waals surface area contributed by atoms with Crippen molar-refractivity contribution in [3.63, 3.8) is 0 Å². The molecule has 0 radical (unpaired) electrons. The average Bonchev–Trinajstić information content (AvgIpc) is 2.84. The maximum atomic E-state index is 13.0. The molecule has 2 saturated heterocycles. The lowest BCUT2D eigenvalue weighted by Crippen LogP contribution is -2.49. The van der Waals surface area contributed by atoms with Crippen molar-refractivity contribution in [2.75, 3.05) is 75.3 Å². The van der Waals surface area contributed by atoms with Crippen molar-refractivity contribution in [3.8, 4) is 0 Å². The second-order valence-corrected chi connectivity index (χ2v) is 10.2. The SMILES string of the molecule is O=S(=O)(c1cccc(C(F)(F)F)c1)N1CCN(c2ccc(N3CCN(CCO)CC3)nn2)CC1. The number of hydrogen-bond donors (Lipinski definition) is 1. The van der Waals surface area contributed by atoms with Gasteiger partial charge in [-0.25, -0.2) is 8.42 Å². The summed E-state index contributed by atoms with van der Waals surface area (Å²) in [4.78, 5) is 5.86. The van der Waals surface area contributed by atoms with Crippen LogP contribution in [-0.2, 0) is 16.2 Å². The van der Waals surface area contributed by atoms with Gasteiger partial charge in [-0.1, -0.05) is 6.07 Å². The summed E-state index contributed by atoms with van der Waals surface area (Å²) >= 11 is 0. The van der Waals surface area contributed by atoms with Crippen LogP contribution in [0.1, 0.15) is 5.56 Å². The Hall–Kier alpha value is -2.48. The lowest BCUT2D eigenvalue weighted by molar-refractivity contribution is -0.137. The van der Waals surface area contributed by atoms with Crippen LogP contribution in [0.15, 0.2) is 41.3 Å². The van der Waals surface area contributed by atoms with Crippen LogP contribution < -0.4 is 9.80 Å². The number of β-amino-alcohol motifs (C(OH)–C–C–N with tert-alkyl or cyclic N) is 1. The lowest BCUT2D eigenvalue weighted by Gasteiger charge is -2.36. The van der Waals surface area contributed by atoms with Crippen molar-refractivity contribution < 1.29 is 26.7 Å². The molecule has 9 nitrogen and oxygen atoms in total. The van der Waals surface area contributed by atoms with Crippen molar-refractivity contribution in [2.45, 2.75) is 11.1 Å². The quantitative estimate of drug-likeness (QED) is 0.631. The number of benzene rings is 1. The number of sulfonamides is 1. The molecular formula is C21H27F3N6O3S. The van der Waals surface area contributed by atoms with Gasteiger partial charge >= 0.3 is 6.18 Å². The van der Waals surface area contributed by atoms with E-state index in [0.717, 1.165) is 44.1 Å². The van der Waals surface area contributed by atoms with E-state index in [9.17, 15) is 21.6 Å². The van der Waals surface area contributed by atoms with Gasteiger partial charge in [0.15, 0.2) is 11.6 Å². The van der Waals surface area contributed by atoms with Crippen LogP contribution in [0.4, 0.5) is 24.8 Å². The topological polar surface area (TPSA) is 93.1 Å². The van der Waals surface area contributed by atoms with Crippen molar-refractivity contribution >= 4 is 21.7 Å². The van der Waals surface area contributed by atoms with Gasteiger partial charge in [0.25, 0.3) is 0 Å². The molecule has 0 atom stereocenters. The average molecular weight is 501 g/mol. The molecule has 186 valence electrons. The molecule has 2 aliphatic heterocycles. The minimum Gasteiger partial charge on any atom is -0.395 e. The maximum Gasteiger partial charge on any atom is 0.416 e. The minimum absolute atomic E-state index is 0.134. The number of aliphatic hydroxyl groups excluding tert-OH is 1. The van der Waals surface area contributed by atoms with Crippen LogP contribution in [-0.4, -0.2) is 98.4 Å². The molecule has 2 fully saturated rings. The van der Waals surface area contributed by atoms with E-state index in [4.69, 9.17) is 5.11 Å². The maximum absolute atomic E-state index is 13.0. The van der Waals surface area contributed by atoms with Gasteiger partial charge in [0.1, 0.15) is 0 Å². The molecule has 0 unspecified atom stereocenters. The molecular weight excluding hydrogens is 473 g/mol. The predicted octanol–water partition coefficient (Wildman–Crippen LogP) is 1.12. The second-order valence-electron chi connectivity index (χ2n) is 8.22. The van der Waals surface area contributed by atoms with Gasteiger partial charge in [-0.2, -0.15) is 17.5 Å². The number of aromatic nitrogens is 2.